The lowest BCUT2D eigenvalue weighted by molar-refractivity contribution is 0.205. The first-order valence-corrected chi connectivity index (χ1v) is 9.85. The highest BCUT2D eigenvalue weighted by Gasteiger charge is 2.26. The maximum atomic E-state index is 14.7. The fourth-order valence-electron chi connectivity index (χ4n) is 4.03. The summed E-state index contributed by atoms with van der Waals surface area (Å²) >= 11 is 0. The normalized spacial score (nSPS) is 17.5. The maximum absolute atomic E-state index is 14.7. The smallest absolute Gasteiger partial charge is 0.128 e. The van der Waals surface area contributed by atoms with Gasteiger partial charge in [0.1, 0.15) is 5.82 Å². The highest BCUT2D eigenvalue weighted by molar-refractivity contribution is 5.82. The van der Waals surface area contributed by atoms with Gasteiger partial charge in [-0.1, -0.05) is 32.0 Å². The van der Waals surface area contributed by atoms with Gasteiger partial charge in [0.05, 0.1) is 17.4 Å². The molecule has 0 atom stereocenters. The molecule has 1 aliphatic carbocycles. The van der Waals surface area contributed by atoms with Gasteiger partial charge in [-0.15, -0.1) is 0 Å². The summed E-state index contributed by atoms with van der Waals surface area (Å²) in [7, 11) is 1.97. The van der Waals surface area contributed by atoms with E-state index in [1.165, 1.54) is 25.7 Å². The van der Waals surface area contributed by atoms with Crippen molar-refractivity contribution in [3.63, 3.8) is 0 Å². The van der Waals surface area contributed by atoms with E-state index in [0.717, 1.165) is 27.7 Å². The lowest BCUT2D eigenvalue weighted by Crippen LogP contribution is -2.35. The SMILES string of the molecule is Cn1cnc2ccc(-c3ccc(CNC4CCC(C)(C)CC4)c(F)c3)cc21. The summed E-state index contributed by atoms with van der Waals surface area (Å²) in [6.07, 6.45) is 6.64. The first-order valence-electron chi connectivity index (χ1n) is 9.85. The van der Waals surface area contributed by atoms with Crippen molar-refractivity contribution in [2.45, 2.75) is 52.1 Å². The quantitative estimate of drug-likeness (QED) is 0.667. The van der Waals surface area contributed by atoms with Crippen LogP contribution >= 0.6 is 0 Å². The summed E-state index contributed by atoms with van der Waals surface area (Å²) in [5.41, 5.74) is 5.13. The average Bonchev–Trinajstić information content (AvgIpc) is 3.02. The molecule has 1 aromatic heterocycles. The number of hydrogen-bond acceptors (Lipinski definition) is 2. The van der Waals surface area contributed by atoms with Crippen molar-refractivity contribution in [2.24, 2.45) is 12.5 Å². The Hall–Kier alpha value is -2.20. The molecule has 3 nitrogen and oxygen atoms in total. The predicted molar refractivity (Wildman–Crippen MR) is 109 cm³/mol. The summed E-state index contributed by atoms with van der Waals surface area (Å²) in [4.78, 5) is 4.34. The molecule has 0 unspecified atom stereocenters. The number of fused-ring (bicyclic) bond motifs is 1. The second kappa shape index (κ2) is 7.08. The minimum Gasteiger partial charge on any atom is -0.334 e. The zero-order chi connectivity index (χ0) is 19.0. The Kier molecular flexibility index (Phi) is 4.77. The van der Waals surface area contributed by atoms with Crippen molar-refractivity contribution >= 4 is 11.0 Å². The van der Waals surface area contributed by atoms with Gasteiger partial charge < -0.3 is 9.88 Å². The van der Waals surface area contributed by atoms with Crippen molar-refractivity contribution in [2.75, 3.05) is 0 Å². The molecule has 142 valence electrons. The molecule has 0 aliphatic heterocycles. The summed E-state index contributed by atoms with van der Waals surface area (Å²) < 4.78 is 16.7. The third-order valence-corrected chi connectivity index (χ3v) is 6.03. The van der Waals surface area contributed by atoms with Crippen LogP contribution in [0.25, 0.3) is 22.2 Å². The number of aryl methyl sites for hydroxylation is 1. The number of benzene rings is 2. The third kappa shape index (κ3) is 3.91. The second-order valence-electron chi connectivity index (χ2n) is 8.68. The van der Waals surface area contributed by atoms with Gasteiger partial charge >= 0.3 is 0 Å². The monoisotopic (exact) mass is 365 g/mol. The number of imidazole rings is 1. The highest BCUT2D eigenvalue weighted by atomic mass is 19.1. The van der Waals surface area contributed by atoms with E-state index in [4.69, 9.17) is 0 Å². The number of halogens is 1. The fraction of sp³-hybridized carbons (Fsp3) is 0.435. The van der Waals surface area contributed by atoms with Crippen LogP contribution in [0.3, 0.4) is 0 Å². The molecule has 3 aromatic rings. The van der Waals surface area contributed by atoms with Crippen LogP contribution in [0.4, 0.5) is 4.39 Å². The van der Waals surface area contributed by atoms with Gasteiger partial charge in [0.2, 0.25) is 0 Å². The first-order chi connectivity index (χ1) is 12.9. The standard InChI is InChI=1S/C23H28FN3/c1-23(2)10-8-19(9-11-23)25-14-18-5-4-16(12-20(18)24)17-6-7-21-22(13-17)27(3)15-26-21/h4-7,12-13,15,19,25H,8-11,14H2,1-3H3. The van der Waals surface area contributed by atoms with Crippen LogP contribution in [0.15, 0.2) is 42.7 Å². The third-order valence-electron chi connectivity index (χ3n) is 6.03. The zero-order valence-electron chi connectivity index (χ0n) is 16.4. The van der Waals surface area contributed by atoms with Crippen LogP contribution in [0.1, 0.15) is 45.1 Å². The molecule has 0 bridgehead atoms. The summed E-state index contributed by atoms with van der Waals surface area (Å²) in [6.45, 7) is 5.27. The van der Waals surface area contributed by atoms with E-state index in [-0.39, 0.29) is 5.82 Å². The van der Waals surface area contributed by atoms with Gasteiger partial charge in [-0.2, -0.15) is 0 Å². The molecule has 0 saturated heterocycles. The van der Waals surface area contributed by atoms with E-state index in [1.807, 2.05) is 35.9 Å². The molecule has 0 radical (unpaired) electrons. The molecule has 1 heterocycles. The molecule has 0 spiro atoms. The number of rotatable bonds is 4. The highest BCUT2D eigenvalue weighted by Crippen LogP contribution is 2.35. The lowest BCUT2D eigenvalue weighted by Gasteiger charge is -2.34. The van der Waals surface area contributed by atoms with Gasteiger partial charge in [-0.25, -0.2) is 9.37 Å². The molecule has 1 fully saturated rings. The number of nitrogens with one attached hydrogen (secondary N) is 1. The van der Waals surface area contributed by atoms with Gasteiger partial charge in [0.25, 0.3) is 0 Å². The average molecular weight is 365 g/mol. The molecule has 1 aliphatic rings. The van der Waals surface area contributed by atoms with Crippen LogP contribution in [-0.2, 0) is 13.6 Å². The van der Waals surface area contributed by atoms with Crippen LogP contribution in [0, 0.1) is 11.2 Å². The Balaban J connectivity index is 1.46. The summed E-state index contributed by atoms with van der Waals surface area (Å²) in [6, 6.07) is 12.1. The Morgan fingerprint density at radius 3 is 2.56 bits per heavy atom. The number of nitrogens with zero attached hydrogens (tertiary/aromatic N) is 2. The van der Waals surface area contributed by atoms with Crippen molar-refractivity contribution in [3.8, 4) is 11.1 Å². The molecular weight excluding hydrogens is 337 g/mol. The van der Waals surface area contributed by atoms with Gasteiger partial charge in [0.15, 0.2) is 0 Å². The Morgan fingerprint density at radius 2 is 1.81 bits per heavy atom. The Labute approximate surface area is 160 Å². The molecule has 1 N–H and O–H groups in total. The van der Waals surface area contributed by atoms with Crippen molar-refractivity contribution in [1.29, 1.82) is 0 Å². The van der Waals surface area contributed by atoms with E-state index in [0.29, 0.717) is 18.0 Å². The van der Waals surface area contributed by atoms with E-state index in [1.54, 1.807) is 12.4 Å². The molecule has 27 heavy (non-hydrogen) atoms. The second-order valence-corrected chi connectivity index (χ2v) is 8.68. The molecular formula is C23H28FN3. The predicted octanol–water partition coefficient (Wildman–Crippen LogP) is 5.44. The van der Waals surface area contributed by atoms with E-state index in [9.17, 15) is 4.39 Å². The van der Waals surface area contributed by atoms with Crippen LogP contribution < -0.4 is 5.32 Å². The molecule has 4 rings (SSSR count). The lowest BCUT2D eigenvalue weighted by atomic mass is 9.75. The zero-order valence-corrected chi connectivity index (χ0v) is 16.4. The molecule has 1 saturated carbocycles. The van der Waals surface area contributed by atoms with E-state index < -0.39 is 0 Å². The molecule has 0 amide bonds. The summed E-state index contributed by atoms with van der Waals surface area (Å²) in [5, 5.41) is 3.55. The Morgan fingerprint density at radius 1 is 1.11 bits per heavy atom. The Bertz CT molecular complexity index is 947. The van der Waals surface area contributed by atoms with Gasteiger partial charge in [-0.05, 0) is 60.4 Å². The number of aromatic nitrogens is 2. The van der Waals surface area contributed by atoms with Crippen LogP contribution in [-0.4, -0.2) is 15.6 Å². The van der Waals surface area contributed by atoms with Crippen LogP contribution in [0.5, 0.6) is 0 Å². The van der Waals surface area contributed by atoms with Crippen molar-refractivity contribution in [1.82, 2.24) is 14.9 Å². The largest absolute Gasteiger partial charge is 0.334 e. The number of hydrogen-bond donors (Lipinski definition) is 1. The van der Waals surface area contributed by atoms with Crippen LogP contribution in [0.2, 0.25) is 0 Å². The minimum absolute atomic E-state index is 0.138. The van der Waals surface area contributed by atoms with E-state index >= 15 is 0 Å². The minimum atomic E-state index is -0.138. The van der Waals surface area contributed by atoms with E-state index in [2.05, 4.69) is 30.2 Å². The molecule has 4 heteroatoms. The topological polar surface area (TPSA) is 29.9 Å². The van der Waals surface area contributed by atoms with Gasteiger partial charge in [-0.3, -0.25) is 0 Å². The van der Waals surface area contributed by atoms with Crippen molar-refractivity contribution in [3.05, 3.63) is 54.1 Å². The fourth-order valence-corrected chi connectivity index (χ4v) is 4.03. The van der Waals surface area contributed by atoms with Gasteiger partial charge in [0, 0.05) is 25.2 Å². The first kappa shape index (κ1) is 18.2. The maximum Gasteiger partial charge on any atom is 0.128 e. The van der Waals surface area contributed by atoms with Crippen molar-refractivity contribution < 1.29 is 4.39 Å². The summed E-state index contributed by atoms with van der Waals surface area (Å²) in [5.74, 6) is -0.138. The molecule has 2 aromatic carbocycles.